The van der Waals surface area contributed by atoms with Crippen molar-refractivity contribution in [3.63, 3.8) is 0 Å². The summed E-state index contributed by atoms with van der Waals surface area (Å²) in [6, 6.07) is 3.36. The summed E-state index contributed by atoms with van der Waals surface area (Å²) in [5.41, 5.74) is -1.12. The fourth-order valence-corrected chi connectivity index (χ4v) is 2.76. The van der Waals surface area contributed by atoms with E-state index in [1.165, 1.54) is 12.1 Å². The number of non-ortho nitro benzene ring substituents is 1. The van der Waals surface area contributed by atoms with E-state index in [1.54, 1.807) is 20.8 Å². The molecule has 15 heteroatoms. The number of nitro groups is 2. The number of rotatable bonds is 20. The minimum Gasteiger partial charge on any atom is -0.460 e. The van der Waals surface area contributed by atoms with Gasteiger partial charge in [-0.25, -0.2) is 0 Å². The van der Waals surface area contributed by atoms with Crippen molar-refractivity contribution in [1.29, 1.82) is 0 Å². The zero-order valence-electron chi connectivity index (χ0n) is 21.9. The van der Waals surface area contributed by atoms with Crippen molar-refractivity contribution in [1.82, 2.24) is 5.32 Å². The number of ether oxygens (including phenoxy) is 5. The Hall–Kier alpha value is -3.40. The fraction of sp³-hybridized carbons (Fsp3) is 0.652. The van der Waals surface area contributed by atoms with Crippen LogP contribution in [0.5, 0.6) is 0 Å². The summed E-state index contributed by atoms with van der Waals surface area (Å²) in [5, 5.41) is 27.3. The molecule has 38 heavy (non-hydrogen) atoms. The lowest BCUT2D eigenvalue weighted by Crippen LogP contribution is -2.31. The van der Waals surface area contributed by atoms with E-state index in [9.17, 15) is 29.8 Å². The second-order valence-corrected chi connectivity index (χ2v) is 8.72. The van der Waals surface area contributed by atoms with Crippen LogP contribution in [-0.4, -0.2) is 93.3 Å². The zero-order chi connectivity index (χ0) is 28.4. The van der Waals surface area contributed by atoms with Gasteiger partial charge in [0.25, 0.3) is 11.4 Å². The molecule has 0 spiro atoms. The maximum atomic E-state index is 11.7. The number of amides is 1. The fourth-order valence-electron chi connectivity index (χ4n) is 2.76. The molecule has 15 nitrogen and oxygen atoms in total. The first-order chi connectivity index (χ1) is 18.0. The largest absolute Gasteiger partial charge is 0.460 e. The van der Waals surface area contributed by atoms with Gasteiger partial charge in [0.05, 0.1) is 68.6 Å². The standard InChI is InChI=1S/C23H36N4O11/c1-23(2,3)38-22(29)6-9-34-11-8-25-21(28)17-37-15-14-36-13-12-35-10-7-24-19-5-4-18(26(30)31)16-20(19)27(32)33/h4-5,16,24H,6-15,17H2,1-3H3,(H,25,28). The third-order valence-electron chi connectivity index (χ3n) is 4.37. The van der Waals surface area contributed by atoms with E-state index < -0.39 is 15.4 Å². The molecule has 0 saturated carbocycles. The zero-order valence-corrected chi connectivity index (χ0v) is 21.9. The summed E-state index contributed by atoms with van der Waals surface area (Å²) in [4.78, 5) is 43.7. The summed E-state index contributed by atoms with van der Waals surface area (Å²) in [6.07, 6.45) is 0.142. The number of hydrogen-bond acceptors (Lipinski definition) is 12. The maximum Gasteiger partial charge on any atom is 0.308 e. The molecular weight excluding hydrogens is 508 g/mol. The highest BCUT2D eigenvalue weighted by Gasteiger charge is 2.19. The number of carbonyl (C=O) groups excluding carboxylic acids is 2. The molecule has 0 bridgehead atoms. The lowest BCUT2D eigenvalue weighted by Gasteiger charge is -2.19. The number of carbonyl (C=O) groups is 2. The van der Waals surface area contributed by atoms with Crippen molar-refractivity contribution in [2.75, 3.05) is 71.3 Å². The molecule has 0 aliphatic rings. The van der Waals surface area contributed by atoms with Gasteiger partial charge < -0.3 is 34.3 Å². The van der Waals surface area contributed by atoms with Crippen LogP contribution in [0.1, 0.15) is 27.2 Å². The van der Waals surface area contributed by atoms with Gasteiger partial charge >= 0.3 is 5.97 Å². The smallest absolute Gasteiger partial charge is 0.308 e. The number of anilines is 1. The molecule has 0 aliphatic heterocycles. The summed E-state index contributed by atoms with van der Waals surface area (Å²) in [5.74, 6) is -0.640. The molecule has 0 heterocycles. The lowest BCUT2D eigenvalue weighted by atomic mass is 10.2. The Kier molecular flexibility index (Phi) is 15.4. The highest BCUT2D eigenvalue weighted by atomic mass is 16.6. The van der Waals surface area contributed by atoms with Crippen LogP contribution in [0.25, 0.3) is 0 Å². The number of nitrogens with one attached hydrogen (secondary N) is 2. The van der Waals surface area contributed by atoms with Crippen LogP contribution in [0.2, 0.25) is 0 Å². The van der Waals surface area contributed by atoms with Crippen LogP contribution in [-0.2, 0) is 33.3 Å². The van der Waals surface area contributed by atoms with Crippen LogP contribution in [0.3, 0.4) is 0 Å². The molecule has 1 aromatic rings. The van der Waals surface area contributed by atoms with E-state index >= 15 is 0 Å². The predicted molar refractivity (Wildman–Crippen MR) is 135 cm³/mol. The van der Waals surface area contributed by atoms with Crippen molar-refractivity contribution in [2.45, 2.75) is 32.8 Å². The molecule has 2 N–H and O–H groups in total. The Bertz CT molecular complexity index is 906. The molecule has 214 valence electrons. The molecule has 1 amide bonds. The van der Waals surface area contributed by atoms with Gasteiger partial charge in [-0.1, -0.05) is 0 Å². The van der Waals surface area contributed by atoms with E-state index in [2.05, 4.69) is 10.6 Å². The average Bonchev–Trinajstić information content (AvgIpc) is 2.83. The Morgan fingerprint density at radius 1 is 0.842 bits per heavy atom. The van der Waals surface area contributed by atoms with E-state index in [1.807, 2.05) is 0 Å². The minimum absolute atomic E-state index is 0.127. The number of benzene rings is 1. The summed E-state index contributed by atoms with van der Waals surface area (Å²) >= 11 is 0. The average molecular weight is 545 g/mol. The van der Waals surface area contributed by atoms with Gasteiger partial charge in [0, 0.05) is 19.2 Å². The lowest BCUT2D eigenvalue weighted by molar-refractivity contribution is -0.393. The third-order valence-corrected chi connectivity index (χ3v) is 4.37. The molecule has 1 aromatic carbocycles. The van der Waals surface area contributed by atoms with Crippen molar-refractivity contribution in [3.8, 4) is 0 Å². The number of hydrogen-bond donors (Lipinski definition) is 2. The summed E-state index contributed by atoms with van der Waals surface area (Å²) < 4.78 is 26.3. The molecule has 0 unspecified atom stereocenters. The second-order valence-electron chi connectivity index (χ2n) is 8.72. The Morgan fingerprint density at radius 2 is 1.45 bits per heavy atom. The molecule has 0 aromatic heterocycles. The van der Waals surface area contributed by atoms with Crippen molar-refractivity contribution < 1.29 is 43.1 Å². The Balaban J connectivity index is 1.97. The third kappa shape index (κ3) is 15.7. The van der Waals surface area contributed by atoms with Gasteiger partial charge in [0.1, 0.15) is 17.9 Å². The molecular formula is C23H36N4O11. The highest BCUT2D eigenvalue weighted by Crippen LogP contribution is 2.28. The number of nitrogens with zero attached hydrogens (tertiary/aromatic N) is 2. The van der Waals surface area contributed by atoms with Crippen molar-refractivity contribution in [2.24, 2.45) is 0 Å². The Labute approximate surface area is 220 Å². The van der Waals surface area contributed by atoms with Gasteiger partial charge in [0.15, 0.2) is 0 Å². The Morgan fingerprint density at radius 3 is 2.08 bits per heavy atom. The molecule has 1 rings (SSSR count). The first-order valence-corrected chi connectivity index (χ1v) is 12.0. The van der Waals surface area contributed by atoms with Crippen molar-refractivity contribution in [3.05, 3.63) is 38.4 Å². The van der Waals surface area contributed by atoms with Crippen LogP contribution in [0.4, 0.5) is 17.1 Å². The summed E-state index contributed by atoms with van der Waals surface area (Å²) in [6.45, 7) is 7.53. The topological polar surface area (TPSA) is 191 Å². The van der Waals surface area contributed by atoms with Crippen LogP contribution in [0.15, 0.2) is 18.2 Å². The van der Waals surface area contributed by atoms with Gasteiger partial charge in [-0.05, 0) is 26.8 Å². The second kappa shape index (κ2) is 18.0. The maximum absolute atomic E-state index is 11.7. The first kappa shape index (κ1) is 32.6. The van der Waals surface area contributed by atoms with Gasteiger partial charge in [0.2, 0.25) is 5.91 Å². The van der Waals surface area contributed by atoms with E-state index in [0.717, 1.165) is 6.07 Å². The number of nitro benzene ring substituents is 2. The first-order valence-electron chi connectivity index (χ1n) is 12.0. The van der Waals surface area contributed by atoms with Crippen LogP contribution < -0.4 is 10.6 Å². The van der Waals surface area contributed by atoms with Crippen molar-refractivity contribution >= 4 is 28.9 Å². The molecule has 0 atom stereocenters. The highest BCUT2D eigenvalue weighted by molar-refractivity contribution is 5.77. The van der Waals surface area contributed by atoms with Gasteiger partial charge in [-0.3, -0.25) is 29.8 Å². The minimum atomic E-state index is -0.698. The quantitative estimate of drug-likeness (QED) is 0.105. The SMILES string of the molecule is CC(C)(C)OC(=O)CCOCCNC(=O)COCCOCCOCCNc1ccc([N+](=O)[O-])cc1[N+](=O)[O-]. The number of esters is 1. The van der Waals surface area contributed by atoms with Crippen LogP contribution >= 0.6 is 0 Å². The predicted octanol–water partition coefficient (Wildman–Crippen LogP) is 1.83. The molecule has 0 radical (unpaired) electrons. The van der Waals surface area contributed by atoms with Crippen LogP contribution in [0, 0.1) is 20.2 Å². The molecule has 0 saturated heterocycles. The monoisotopic (exact) mass is 544 g/mol. The molecule has 0 aliphatic carbocycles. The molecule has 0 fully saturated rings. The normalized spacial score (nSPS) is 11.1. The van der Waals surface area contributed by atoms with E-state index in [4.69, 9.17) is 23.7 Å². The van der Waals surface area contributed by atoms with Gasteiger partial charge in [-0.2, -0.15) is 0 Å². The van der Waals surface area contributed by atoms with E-state index in [-0.39, 0.29) is 101 Å². The summed E-state index contributed by atoms with van der Waals surface area (Å²) in [7, 11) is 0. The van der Waals surface area contributed by atoms with Gasteiger partial charge in [-0.15, -0.1) is 0 Å². The van der Waals surface area contributed by atoms with E-state index in [0.29, 0.717) is 0 Å².